The van der Waals surface area contributed by atoms with E-state index in [0.717, 1.165) is 56.1 Å². The van der Waals surface area contributed by atoms with Crippen LogP contribution in [0.1, 0.15) is 32.3 Å². The summed E-state index contributed by atoms with van der Waals surface area (Å²) in [5.74, 6) is 1.89. The van der Waals surface area contributed by atoms with Crippen LogP contribution >= 0.6 is 0 Å². The van der Waals surface area contributed by atoms with Gasteiger partial charge >= 0.3 is 0 Å². The highest BCUT2D eigenvalue weighted by Gasteiger charge is 2.21. The van der Waals surface area contributed by atoms with Gasteiger partial charge in [0.25, 0.3) is 0 Å². The van der Waals surface area contributed by atoms with Crippen molar-refractivity contribution < 1.29 is 4.79 Å². The van der Waals surface area contributed by atoms with Crippen LogP contribution in [0.3, 0.4) is 0 Å². The Hall–Kier alpha value is -1.85. The van der Waals surface area contributed by atoms with Crippen molar-refractivity contribution in [2.75, 3.05) is 43.4 Å². The maximum absolute atomic E-state index is 12.3. The summed E-state index contributed by atoms with van der Waals surface area (Å²) in [4.78, 5) is 24.8. The average Bonchev–Trinajstić information content (AvgIpc) is 3.01. The average molecular weight is 291 g/mol. The summed E-state index contributed by atoms with van der Waals surface area (Å²) in [5, 5.41) is 3.26. The number of carbonyl (C=O) groups is 1. The summed E-state index contributed by atoms with van der Waals surface area (Å²) in [5.41, 5.74) is 1.07. The van der Waals surface area contributed by atoms with Crippen LogP contribution in [0.4, 0.5) is 11.6 Å². The lowest BCUT2D eigenvalue weighted by molar-refractivity contribution is -0.128. The first kappa shape index (κ1) is 15.5. The Labute approximate surface area is 126 Å². The minimum atomic E-state index is 0.181. The largest absolute Gasteiger partial charge is 0.370 e. The molecule has 2 rings (SSSR count). The van der Waals surface area contributed by atoms with Crippen molar-refractivity contribution in [1.29, 1.82) is 0 Å². The quantitative estimate of drug-likeness (QED) is 0.861. The van der Waals surface area contributed by atoms with Gasteiger partial charge in [0.05, 0.1) is 6.54 Å². The first-order chi connectivity index (χ1) is 10.2. The molecule has 2 heterocycles. The molecule has 116 valence electrons. The van der Waals surface area contributed by atoms with Crippen molar-refractivity contribution in [3.63, 3.8) is 0 Å². The van der Waals surface area contributed by atoms with E-state index in [9.17, 15) is 4.79 Å². The van der Waals surface area contributed by atoms with Crippen LogP contribution in [0, 0.1) is 0 Å². The Bertz CT molecular complexity index is 485. The summed E-state index contributed by atoms with van der Waals surface area (Å²) in [6, 6.07) is 0. The molecule has 1 aliphatic heterocycles. The second-order valence-electron chi connectivity index (χ2n) is 5.35. The lowest BCUT2D eigenvalue weighted by Crippen LogP contribution is -2.38. The van der Waals surface area contributed by atoms with E-state index in [1.54, 1.807) is 6.33 Å². The first-order valence-corrected chi connectivity index (χ1v) is 7.74. The Kier molecular flexibility index (Phi) is 5.36. The van der Waals surface area contributed by atoms with E-state index in [-0.39, 0.29) is 5.91 Å². The molecule has 0 spiro atoms. The fourth-order valence-electron chi connectivity index (χ4n) is 2.72. The zero-order valence-electron chi connectivity index (χ0n) is 13.2. The van der Waals surface area contributed by atoms with Crippen molar-refractivity contribution in [2.45, 2.75) is 33.1 Å². The molecule has 1 aromatic rings. The maximum atomic E-state index is 12.3. The number of hydrogen-bond donors (Lipinski definition) is 1. The van der Waals surface area contributed by atoms with Gasteiger partial charge in [-0.25, -0.2) is 9.97 Å². The monoisotopic (exact) mass is 291 g/mol. The van der Waals surface area contributed by atoms with Crippen LogP contribution in [-0.2, 0) is 11.2 Å². The van der Waals surface area contributed by atoms with Crippen LogP contribution in [-0.4, -0.2) is 54.0 Å². The second kappa shape index (κ2) is 7.24. The van der Waals surface area contributed by atoms with Crippen LogP contribution in [0.5, 0.6) is 0 Å². The Morgan fingerprint density at radius 2 is 2.05 bits per heavy atom. The summed E-state index contributed by atoms with van der Waals surface area (Å²) in [7, 11) is 1.92. The molecular formula is C15H25N5O. The minimum Gasteiger partial charge on any atom is -0.370 e. The molecule has 1 aromatic heterocycles. The van der Waals surface area contributed by atoms with Gasteiger partial charge in [-0.05, 0) is 26.2 Å². The smallest absolute Gasteiger partial charge is 0.242 e. The Balaban J connectivity index is 2.12. The molecule has 0 saturated carbocycles. The van der Waals surface area contributed by atoms with Crippen molar-refractivity contribution in [2.24, 2.45) is 0 Å². The van der Waals surface area contributed by atoms with E-state index in [2.05, 4.69) is 22.2 Å². The number of likely N-dealkylation sites (N-methyl/N-ethyl adjacent to an activating group) is 1. The molecule has 0 radical (unpaired) electrons. The molecule has 0 bridgehead atoms. The maximum Gasteiger partial charge on any atom is 0.242 e. The molecule has 21 heavy (non-hydrogen) atoms. The number of likely N-dealkylation sites (tertiary alicyclic amines) is 1. The molecule has 6 nitrogen and oxygen atoms in total. The Morgan fingerprint density at radius 1 is 1.33 bits per heavy atom. The van der Waals surface area contributed by atoms with Gasteiger partial charge in [0.15, 0.2) is 0 Å². The molecule has 0 atom stereocenters. The molecular weight excluding hydrogens is 266 g/mol. The molecule has 1 fully saturated rings. The zero-order valence-corrected chi connectivity index (χ0v) is 13.2. The van der Waals surface area contributed by atoms with Crippen molar-refractivity contribution in [3.05, 3.63) is 11.9 Å². The van der Waals surface area contributed by atoms with Crippen LogP contribution < -0.4 is 10.2 Å². The van der Waals surface area contributed by atoms with Gasteiger partial charge < -0.3 is 15.1 Å². The van der Waals surface area contributed by atoms with E-state index < -0.39 is 0 Å². The third-order valence-electron chi connectivity index (χ3n) is 3.81. The number of aromatic nitrogens is 2. The van der Waals surface area contributed by atoms with Crippen molar-refractivity contribution in [3.8, 4) is 0 Å². The lowest BCUT2D eigenvalue weighted by atomic mass is 10.2. The minimum absolute atomic E-state index is 0.181. The van der Waals surface area contributed by atoms with Gasteiger partial charge in [0.2, 0.25) is 5.91 Å². The zero-order chi connectivity index (χ0) is 15.2. The summed E-state index contributed by atoms with van der Waals surface area (Å²) in [6.45, 7) is 7.09. The summed E-state index contributed by atoms with van der Waals surface area (Å²) >= 11 is 0. The number of carbonyl (C=O) groups excluding carboxylic acids is 1. The van der Waals surface area contributed by atoms with Gasteiger partial charge in [0, 0.05) is 32.2 Å². The molecule has 1 saturated heterocycles. The van der Waals surface area contributed by atoms with E-state index in [1.807, 2.05) is 23.8 Å². The lowest BCUT2D eigenvalue weighted by Gasteiger charge is -2.24. The van der Waals surface area contributed by atoms with E-state index in [0.29, 0.717) is 6.54 Å². The summed E-state index contributed by atoms with van der Waals surface area (Å²) < 4.78 is 0. The van der Waals surface area contributed by atoms with Crippen LogP contribution in [0.2, 0.25) is 0 Å². The molecule has 0 unspecified atom stereocenters. The SMILES string of the molecule is CCNc1ncnc(N(C)CC(=O)N2CCCC2)c1CC. The van der Waals surface area contributed by atoms with Gasteiger partial charge in [0.1, 0.15) is 18.0 Å². The van der Waals surface area contributed by atoms with Gasteiger partial charge in [-0.15, -0.1) is 0 Å². The van der Waals surface area contributed by atoms with Crippen molar-refractivity contribution in [1.82, 2.24) is 14.9 Å². The number of nitrogens with one attached hydrogen (secondary N) is 1. The second-order valence-corrected chi connectivity index (χ2v) is 5.35. The van der Waals surface area contributed by atoms with E-state index in [4.69, 9.17) is 0 Å². The normalized spacial score (nSPS) is 14.3. The fourth-order valence-corrected chi connectivity index (χ4v) is 2.72. The highest BCUT2D eigenvalue weighted by Crippen LogP contribution is 2.23. The van der Waals surface area contributed by atoms with Crippen LogP contribution in [0.15, 0.2) is 6.33 Å². The van der Waals surface area contributed by atoms with E-state index in [1.165, 1.54) is 0 Å². The van der Waals surface area contributed by atoms with Crippen molar-refractivity contribution >= 4 is 17.5 Å². The molecule has 0 aliphatic carbocycles. The summed E-state index contributed by atoms with van der Waals surface area (Å²) in [6.07, 6.45) is 4.63. The Morgan fingerprint density at radius 3 is 2.67 bits per heavy atom. The van der Waals surface area contributed by atoms with Gasteiger partial charge in [-0.2, -0.15) is 0 Å². The van der Waals surface area contributed by atoms with Gasteiger partial charge in [-0.3, -0.25) is 4.79 Å². The number of hydrogen-bond acceptors (Lipinski definition) is 5. The number of nitrogens with zero attached hydrogens (tertiary/aromatic N) is 4. The highest BCUT2D eigenvalue weighted by molar-refractivity contribution is 5.81. The standard InChI is InChI=1S/C15H25N5O/c1-4-12-14(16-5-2)17-11-18-15(12)19(3)10-13(21)20-8-6-7-9-20/h11H,4-10H2,1-3H3,(H,16,17,18). The molecule has 1 N–H and O–H groups in total. The number of amides is 1. The third-order valence-corrected chi connectivity index (χ3v) is 3.81. The fraction of sp³-hybridized carbons (Fsp3) is 0.667. The van der Waals surface area contributed by atoms with E-state index >= 15 is 0 Å². The third kappa shape index (κ3) is 3.62. The number of rotatable bonds is 6. The van der Waals surface area contributed by atoms with Gasteiger partial charge in [-0.1, -0.05) is 6.92 Å². The van der Waals surface area contributed by atoms with Crippen LogP contribution in [0.25, 0.3) is 0 Å². The molecule has 6 heteroatoms. The topological polar surface area (TPSA) is 61.4 Å². The highest BCUT2D eigenvalue weighted by atomic mass is 16.2. The molecule has 1 aliphatic rings. The predicted molar refractivity (Wildman–Crippen MR) is 84.7 cm³/mol. The predicted octanol–water partition coefficient (Wildman–Crippen LogP) is 1.53. The molecule has 0 aromatic carbocycles. The number of anilines is 2. The molecule has 1 amide bonds. The first-order valence-electron chi connectivity index (χ1n) is 7.74.